The van der Waals surface area contributed by atoms with Crippen LogP contribution >= 0.6 is 0 Å². The first-order valence-corrected chi connectivity index (χ1v) is 7.03. The molecule has 6 nitrogen and oxygen atoms in total. The Morgan fingerprint density at radius 1 is 1.17 bits per heavy atom. The summed E-state index contributed by atoms with van der Waals surface area (Å²) in [5, 5.41) is 12.3. The van der Waals surface area contributed by atoms with Crippen LogP contribution in [-0.2, 0) is 4.79 Å². The Morgan fingerprint density at radius 3 is 2.91 bits per heavy atom. The first-order chi connectivity index (χ1) is 11.3. The number of nitrogens with one attached hydrogen (secondary N) is 1. The van der Waals surface area contributed by atoms with Gasteiger partial charge in [0.15, 0.2) is 6.61 Å². The third kappa shape index (κ3) is 3.55. The highest BCUT2D eigenvalue weighted by Crippen LogP contribution is 2.21. The molecule has 0 aliphatic carbocycles. The molecule has 6 heteroatoms. The highest BCUT2D eigenvalue weighted by molar-refractivity contribution is 5.92. The monoisotopic (exact) mass is 309 g/mol. The van der Waals surface area contributed by atoms with E-state index in [4.69, 9.17) is 9.47 Å². The molecular weight excluding hydrogens is 294 g/mol. The standard InChI is InChI=1S/C17H15N3O3/c1-22-14-7-4-6-13(9-14)19-16(21)11-23-17-15-8-3-2-5-12(15)10-18-20-17/h2-10H,11H2,1H3,(H,19,21). The zero-order valence-electron chi connectivity index (χ0n) is 12.5. The molecule has 3 rings (SSSR count). The number of aromatic nitrogens is 2. The van der Waals surface area contributed by atoms with Gasteiger partial charge in [0.25, 0.3) is 5.91 Å². The molecule has 1 amide bonds. The molecule has 3 aromatic rings. The Hall–Kier alpha value is -3.15. The maximum absolute atomic E-state index is 12.0. The minimum atomic E-state index is -0.284. The fourth-order valence-corrected chi connectivity index (χ4v) is 2.14. The predicted molar refractivity (Wildman–Crippen MR) is 86.7 cm³/mol. The summed E-state index contributed by atoms with van der Waals surface area (Å²) in [5.74, 6) is 0.723. The van der Waals surface area contributed by atoms with E-state index in [0.29, 0.717) is 17.3 Å². The fourth-order valence-electron chi connectivity index (χ4n) is 2.14. The first kappa shape index (κ1) is 14.8. The third-order valence-electron chi connectivity index (χ3n) is 3.23. The maximum Gasteiger partial charge on any atom is 0.262 e. The van der Waals surface area contributed by atoms with Crippen molar-refractivity contribution in [1.29, 1.82) is 0 Å². The van der Waals surface area contributed by atoms with Gasteiger partial charge in [0.2, 0.25) is 5.88 Å². The number of amides is 1. The zero-order valence-corrected chi connectivity index (χ0v) is 12.5. The molecule has 23 heavy (non-hydrogen) atoms. The molecule has 0 unspecified atom stereocenters. The maximum atomic E-state index is 12.0. The van der Waals surface area contributed by atoms with Crippen molar-refractivity contribution in [3.05, 3.63) is 54.7 Å². The largest absolute Gasteiger partial charge is 0.497 e. The molecule has 0 fully saturated rings. The summed E-state index contributed by atoms with van der Waals surface area (Å²) in [4.78, 5) is 12.0. The van der Waals surface area contributed by atoms with Crippen LogP contribution in [0.5, 0.6) is 11.6 Å². The van der Waals surface area contributed by atoms with Crippen molar-refractivity contribution in [3.63, 3.8) is 0 Å². The fraction of sp³-hybridized carbons (Fsp3) is 0.118. The SMILES string of the molecule is COc1cccc(NC(=O)COc2nncc3ccccc23)c1. The normalized spacial score (nSPS) is 10.3. The van der Waals surface area contributed by atoms with E-state index in [0.717, 1.165) is 10.8 Å². The molecule has 0 saturated heterocycles. The quantitative estimate of drug-likeness (QED) is 0.784. The number of hydrogen-bond donors (Lipinski definition) is 1. The van der Waals surface area contributed by atoms with Gasteiger partial charge in [-0.15, -0.1) is 5.10 Å². The van der Waals surface area contributed by atoms with Gasteiger partial charge in [-0.25, -0.2) is 0 Å². The summed E-state index contributed by atoms with van der Waals surface area (Å²) in [7, 11) is 1.57. The van der Waals surface area contributed by atoms with E-state index < -0.39 is 0 Å². The molecule has 0 aliphatic heterocycles. The van der Waals surface area contributed by atoms with E-state index in [1.807, 2.05) is 24.3 Å². The Kier molecular flexibility index (Phi) is 4.33. The molecule has 0 saturated carbocycles. The lowest BCUT2D eigenvalue weighted by molar-refractivity contribution is -0.118. The van der Waals surface area contributed by atoms with Gasteiger partial charge in [-0.3, -0.25) is 4.79 Å². The van der Waals surface area contributed by atoms with Gasteiger partial charge >= 0.3 is 0 Å². The van der Waals surface area contributed by atoms with Crippen LogP contribution in [0, 0.1) is 0 Å². The first-order valence-electron chi connectivity index (χ1n) is 7.03. The average molecular weight is 309 g/mol. The number of carbonyl (C=O) groups is 1. The van der Waals surface area contributed by atoms with Crippen molar-refractivity contribution in [2.45, 2.75) is 0 Å². The lowest BCUT2D eigenvalue weighted by Crippen LogP contribution is -2.20. The van der Waals surface area contributed by atoms with E-state index in [2.05, 4.69) is 15.5 Å². The Bertz CT molecular complexity index is 831. The summed E-state index contributed by atoms with van der Waals surface area (Å²) in [5.41, 5.74) is 0.641. The van der Waals surface area contributed by atoms with Crippen molar-refractivity contribution < 1.29 is 14.3 Å². The molecule has 0 bridgehead atoms. The van der Waals surface area contributed by atoms with Crippen molar-refractivity contribution in [2.24, 2.45) is 0 Å². The van der Waals surface area contributed by atoms with E-state index in [-0.39, 0.29) is 12.5 Å². The Labute approximate surface area is 133 Å². The molecule has 0 atom stereocenters. The molecular formula is C17H15N3O3. The Morgan fingerprint density at radius 2 is 2.04 bits per heavy atom. The van der Waals surface area contributed by atoms with Crippen LogP contribution in [0.25, 0.3) is 10.8 Å². The van der Waals surface area contributed by atoms with Crippen molar-refractivity contribution in [1.82, 2.24) is 10.2 Å². The highest BCUT2D eigenvalue weighted by Gasteiger charge is 2.08. The molecule has 1 N–H and O–H groups in total. The zero-order chi connectivity index (χ0) is 16.1. The number of carbonyl (C=O) groups excluding carboxylic acids is 1. The topological polar surface area (TPSA) is 73.3 Å². The minimum Gasteiger partial charge on any atom is -0.497 e. The number of ether oxygens (including phenoxy) is 2. The van der Waals surface area contributed by atoms with Crippen LogP contribution in [0.4, 0.5) is 5.69 Å². The van der Waals surface area contributed by atoms with Crippen LogP contribution < -0.4 is 14.8 Å². The molecule has 116 valence electrons. The van der Waals surface area contributed by atoms with Crippen molar-refractivity contribution in [2.75, 3.05) is 19.0 Å². The van der Waals surface area contributed by atoms with Crippen LogP contribution in [-0.4, -0.2) is 29.8 Å². The van der Waals surface area contributed by atoms with Crippen LogP contribution in [0.3, 0.4) is 0 Å². The number of nitrogens with zero attached hydrogens (tertiary/aromatic N) is 2. The van der Waals surface area contributed by atoms with Gasteiger partial charge in [-0.2, -0.15) is 5.10 Å². The van der Waals surface area contributed by atoms with Gasteiger partial charge in [0.1, 0.15) is 5.75 Å². The van der Waals surface area contributed by atoms with Crippen LogP contribution in [0.15, 0.2) is 54.7 Å². The van der Waals surface area contributed by atoms with Gasteiger partial charge in [0.05, 0.1) is 13.3 Å². The van der Waals surface area contributed by atoms with E-state index in [1.54, 1.807) is 37.6 Å². The summed E-state index contributed by atoms with van der Waals surface area (Å²) in [6.07, 6.45) is 1.65. The van der Waals surface area contributed by atoms with Gasteiger partial charge in [-0.1, -0.05) is 24.3 Å². The summed E-state index contributed by atoms with van der Waals surface area (Å²) in [6.45, 7) is -0.153. The lowest BCUT2D eigenvalue weighted by Gasteiger charge is -2.09. The summed E-state index contributed by atoms with van der Waals surface area (Å²) < 4.78 is 10.6. The molecule has 1 heterocycles. The smallest absolute Gasteiger partial charge is 0.262 e. The lowest BCUT2D eigenvalue weighted by atomic mass is 10.2. The minimum absolute atomic E-state index is 0.153. The predicted octanol–water partition coefficient (Wildman–Crippen LogP) is 2.66. The summed E-state index contributed by atoms with van der Waals surface area (Å²) >= 11 is 0. The van der Waals surface area contributed by atoms with Crippen LogP contribution in [0.2, 0.25) is 0 Å². The van der Waals surface area contributed by atoms with E-state index in [9.17, 15) is 4.79 Å². The number of benzene rings is 2. The average Bonchev–Trinajstić information content (AvgIpc) is 2.60. The van der Waals surface area contributed by atoms with Gasteiger partial charge in [-0.05, 0) is 18.2 Å². The molecule has 1 aromatic heterocycles. The second-order valence-corrected chi connectivity index (χ2v) is 4.81. The number of hydrogen-bond acceptors (Lipinski definition) is 5. The number of rotatable bonds is 5. The second-order valence-electron chi connectivity index (χ2n) is 4.81. The number of fused-ring (bicyclic) bond motifs is 1. The van der Waals surface area contributed by atoms with E-state index >= 15 is 0 Å². The summed E-state index contributed by atoms with van der Waals surface area (Å²) in [6, 6.07) is 14.7. The Balaban J connectivity index is 1.66. The second kappa shape index (κ2) is 6.74. The van der Waals surface area contributed by atoms with Crippen LogP contribution in [0.1, 0.15) is 0 Å². The highest BCUT2D eigenvalue weighted by atomic mass is 16.5. The molecule has 2 aromatic carbocycles. The van der Waals surface area contributed by atoms with Crippen molar-refractivity contribution in [3.8, 4) is 11.6 Å². The van der Waals surface area contributed by atoms with Crippen molar-refractivity contribution >= 4 is 22.4 Å². The van der Waals surface area contributed by atoms with Gasteiger partial charge < -0.3 is 14.8 Å². The number of methoxy groups -OCH3 is 1. The third-order valence-corrected chi connectivity index (χ3v) is 3.23. The van der Waals surface area contributed by atoms with E-state index in [1.165, 1.54) is 0 Å². The molecule has 0 radical (unpaired) electrons. The molecule has 0 aliphatic rings. The molecule has 0 spiro atoms. The number of anilines is 1. The van der Waals surface area contributed by atoms with Gasteiger partial charge in [0, 0.05) is 22.5 Å².